The second-order valence-corrected chi connectivity index (χ2v) is 4.58. The van der Waals surface area contributed by atoms with Crippen molar-refractivity contribution in [1.29, 1.82) is 0 Å². The van der Waals surface area contributed by atoms with Gasteiger partial charge in [0, 0.05) is 17.7 Å². The molecule has 0 saturated heterocycles. The van der Waals surface area contributed by atoms with Crippen LogP contribution in [0.2, 0.25) is 0 Å². The topological polar surface area (TPSA) is 104 Å². The summed E-state index contributed by atoms with van der Waals surface area (Å²) in [7, 11) is 0. The van der Waals surface area contributed by atoms with Crippen molar-refractivity contribution in [1.82, 2.24) is 10.2 Å². The van der Waals surface area contributed by atoms with Crippen LogP contribution < -0.4 is 10.5 Å². The summed E-state index contributed by atoms with van der Waals surface area (Å²) < 4.78 is 19.0. The number of hydrogen-bond donors (Lipinski definition) is 4. The second-order valence-electron chi connectivity index (χ2n) is 4.58. The first-order valence-corrected chi connectivity index (χ1v) is 6.33. The number of phenols is 2. The van der Waals surface area contributed by atoms with Gasteiger partial charge in [-0.05, 0) is 24.3 Å². The van der Waals surface area contributed by atoms with Crippen molar-refractivity contribution < 1.29 is 19.3 Å². The zero-order valence-corrected chi connectivity index (χ0v) is 11.2. The van der Waals surface area contributed by atoms with Gasteiger partial charge in [-0.2, -0.15) is 5.10 Å². The standard InChI is InChI=1S/C15H12FN3O3/c16-11-6-9(2-4-12(11)17)22-14-7-18-19-15(14)10-3-1-8(20)5-13(10)21/h1-7,20-21H,17H2,(H,18,19). The number of phenolic OH excluding ortho intramolecular Hbond substituents is 2. The van der Waals surface area contributed by atoms with E-state index in [1.165, 1.54) is 36.5 Å². The number of nitrogens with one attached hydrogen (secondary N) is 1. The lowest BCUT2D eigenvalue weighted by Gasteiger charge is -2.08. The third-order valence-electron chi connectivity index (χ3n) is 3.04. The molecule has 0 aliphatic rings. The average molecular weight is 301 g/mol. The maximum Gasteiger partial charge on any atom is 0.173 e. The second kappa shape index (κ2) is 5.28. The number of aromatic amines is 1. The first-order chi connectivity index (χ1) is 10.5. The number of aromatic nitrogens is 2. The molecule has 1 aromatic heterocycles. The molecule has 0 aliphatic heterocycles. The Kier molecular flexibility index (Phi) is 3.30. The van der Waals surface area contributed by atoms with Crippen LogP contribution in [0.4, 0.5) is 10.1 Å². The van der Waals surface area contributed by atoms with Crippen molar-refractivity contribution in [3.8, 4) is 34.3 Å². The van der Waals surface area contributed by atoms with Gasteiger partial charge in [0.05, 0.1) is 11.9 Å². The van der Waals surface area contributed by atoms with Crippen LogP contribution in [0.1, 0.15) is 0 Å². The Labute approximate surface area is 124 Å². The van der Waals surface area contributed by atoms with Gasteiger partial charge in [-0.3, -0.25) is 5.10 Å². The summed E-state index contributed by atoms with van der Waals surface area (Å²) in [6.45, 7) is 0. The van der Waals surface area contributed by atoms with Gasteiger partial charge in [0.1, 0.15) is 28.8 Å². The highest BCUT2D eigenvalue weighted by atomic mass is 19.1. The van der Waals surface area contributed by atoms with Gasteiger partial charge in [0.25, 0.3) is 0 Å². The van der Waals surface area contributed by atoms with Gasteiger partial charge in [-0.25, -0.2) is 4.39 Å². The number of anilines is 1. The summed E-state index contributed by atoms with van der Waals surface area (Å²) in [6.07, 6.45) is 1.47. The molecule has 1 heterocycles. The number of nitrogens with two attached hydrogens (primary N) is 1. The van der Waals surface area contributed by atoms with Crippen molar-refractivity contribution >= 4 is 5.69 Å². The number of nitrogen functional groups attached to an aromatic ring is 1. The lowest BCUT2D eigenvalue weighted by atomic mass is 10.1. The summed E-state index contributed by atoms with van der Waals surface area (Å²) in [6, 6.07) is 8.17. The average Bonchev–Trinajstić information content (AvgIpc) is 2.91. The van der Waals surface area contributed by atoms with Crippen molar-refractivity contribution in [3.05, 3.63) is 48.4 Å². The Morgan fingerprint density at radius 3 is 2.68 bits per heavy atom. The van der Waals surface area contributed by atoms with E-state index in [1.807, 2.05) is 0 Å². The first-order valence-electron chi connectivity index (χ1n) is 6.33. The molecule has 0 spiro atoms. The molecular weight excluding hydrogens is 289 g/mol. The van der Waals surface area contributed by atoms with Gasteiger partial charge in [-0.1, -0.05) is 0 Å². The van der Waals surface area contributed by atoms with Gasteiger partial charge >= 0.3 is 0 Å². The monoisotopic (exact) mass is 301 g/mol. The summed E-state index contributed by atoms with van der Waals surface area (Å²) >= 11 is 0. The maximum atomic E-state index is 13.4. The first kappa shape index (κ1) is 13.7. The summed E-state index contributed by atoms with van der Waals surface area (Å²) in [5.41, 5.74) is 6.13. The van der Waals surface area contributed by atoms with E-state index in [0.717, 1.165) is 6.07 Å². The number of rotatable bonds is 3. The third kappa shape index (κ3) is 2.51. The molecule has 7 heteroatoms. The fourth-order valence-electron chi connectivity index (χ4n) is 1.97. The van der Waals surface area contributed by atoms with Crippen molar-refractivity contribution in [2.24, 2.45) is 0 Å². The van der Waals surface area contributed by atoms with Crippen molar-refractivity contribution in [3.63, 3.8) is 0 Å². The van der Waals surface area contributed by atoms with E-state index in [4.69, 9.17) is 10.5 Å². The number of halogens is 1. The van der Waals surface area contributed by atoms with Gasteiger partial charge in [0.15, 0.2) is 5.75 Å². The molecule has 5 N–H and O–H groups in total. The summed E-state index contributed by atoms with van der Waals surface area (Å²) in [5, 5.41) is 25.8. The zero-order chi connectivity index (χ0) is 15.7. The molecule has 0 fully saturated rings. The van der Waals surface area contributed by atoms with E-state index >= 15 is 0 Å². The van der Waals surface area contributed by atoms with E-state index in [9.17, 15) is 14.6 Å². The largest absolute Gasteiger partial charge is 0.508 e. The van der Waals surface area contributed by atoms with Gasteiger partial charge < -0.3 is 20.7 Å². The fraction of sp³-hybridized carbons (Fsp3) is 0. The van der Waals surface area contributed by atoms with Crippen LogP contribution in [0, 0.1) is 5.82 Å². The van der Waals surface area contributed by atoms with E-state index in [-0.39, 0.29) is 22.9 Å². The Morgan fingerprint density at radius 1 is 1.14 bits per heavy atom. The normalized spacial score (nSPS) is 10.6. The number of nitrogens with zero attached hydrogens (tertiary/aromatic N) is 1. The molecule has 3 rings (SSSR count). The zero-order valence-electron chi connectivity index (χ0n) is 11.2. The predicted octanol–water partition coefficient (Wildman–Crippen LogP) is 3.00. The van der Waals surface area contributed by atoms with Crippen molar-refractivity contribution in [2.45, 2.75) is 0 Å². The molecule has 6 nitrogen and oxygen atoms in total. The van der Waals surface area contributed by atoms with E-state index in [1.54, 1.807) is 0 Å². The minimum atomic E-state index is -0.588. The quantitative estimate of drug-likeness (QED) is 0.557. The minimum absolute atomic E-state index is 0.0240. The Balaban J connectivity index is 1.96. The summed E-state index contributed by atoms with van der Waals surface area (Å²) in [5.74, 6) is -0.270. The predicted molar refractivity (Wildman–Crippen MR) is 78.2 cm³/mol. The van der Waals surface area contributed by atoms with Gasteiger partial charge in [0.2, 0.25) is 0 Å². The lowest BCUT2D eigenvalue weighted by Crippen LogP contribution is -1.92. The molecule has 0 radical (unpaired) electrons. The highest BCUT2D eigenvalue weighted by molar-refractivity contribution is 5.73. The summed E-state index contributed by atoms with van der Waals surface area (Å²) in [4.78, 5) is 0. The molecule has 3 aromatic rings. The molecule has 22 heavy (non-hydrogen) atoms. The van der Waals surface area contributed by atoms with Crippen LogP contribution in [0.25, 0.3) is 11.3 Å². The SMILES string of the molecule is Nc1ccc(Oc2c[nH]nc2-c2ccc(O)cc2O)cc1F. The van der Waals surface area contributed by atoms with Crippen LogP contribution in [-0.2, 0) is 0 Å². The number of H-pyrrole nitrogens is 1. The van der Waals surface area contributed by atoms with E-state index in [0.29, 0.717) is 17.0 Å². The third-order valence-corrected chi connectivity index (χ3v) is 3.04. The minimum Gasteiger partial charge on any atom is -0.508 e. The number of benzene rings is 2. The van der Waals surface area contributed by atoms with Crippen LogP contribution in [0.5, 0.6) is 23.0 Å². The van der Waals surface area contributed by atoms with E-state index < -0.39 is 5.82 Å². The molecular formula is C15H12FN3O3. The molecule has 0 unspecified atom stereocenters. The number of aromatic hydroxyl groups is 2. The van der Waals surface area contributed by atoms with Gasteiger partial charge in [-0.15, -0.1) is 0 Å². The Bertz CT molecular complexity index is 833. The smallest absolute Gasteiger partial charge is 0.173 e. The Hall–Kier alpha value is -3.22. The highest BCUT2D eigenvalue weighted by Crippen LogP contribution is 2.37. The van der Waals surface area contributed by atoms with Crippen LogP contribution in [-0.4, -0.2) is 20.4 Å². The van der Waals surface area contributed by atoms with Crippen LogP contribution in [0.3, 0.4) is 0 Å². The maximum absolute atomic E-state index is 13.4. The molecule has 0 saturated carbocycles. The fourth-order valence-corrected chi connectivity index (χ4v) is 1.97. The number of ether oxygens (including phenoxy) is 1. The van der Waals surface area contributed by atoms with E-state index in [2.05, 4.69) is 10.2 Å². The Morgan fingerprint density at radius 2 is 1.95 bits per heavy atom. The number of hydrogen-bond acceptors (Lipinski definition) is 5. The molecule has 112 valence electrons. The van der Waals surface area contributed by atoms with Crippen molar-refractivity contribution in [2.75, 3.05) is 5.73 Å². The van der Waals surface area contributed by atoms with Crippen LogP contribution in [0.15, 0.2) is 42.6 Å². The lowest BCUT2D eigenvalue weighted by molar-refractivity contribution is 0.450. The van der Waals surface area contributed by atoms with Crippen LogP contribution >= 0.6 is 0 Å². The molecule has 0 atom stereocenters. The molecule has 0 aliphatic carbocycles. The molecule has 2 aromatic carbocycles. The molecule has 0 amide bonds. The highest BCUT2D eigenvalue weighted by Gasteiger charge is 2.15. The molecule has 0 bridgehead atoms.